The predicted octanol–water partition coefficient (Wildman–Crippen LogP) is 4.87. The molecule has 3 aromatic rings. The van der Waals surface area contributed by atoms with Crippen LogP contribution in [0.2, 0.25) is 5.02 Å². The van der Waals surface area contributed by atoms with Crippen molar-refractivity contribution in [2.45, 2.75) is 11.8 Å². The molecule has 0 aliphatic rings. The summed E-state index contributed by atoms with van der Waals surface area (Å²) in [6.45, 7) is 1.67. The number of aryl methyl sites for hydroxylation is 1. The Bertz CT molecular complexity index is 1340. The number of halogens is 1. The first-order chi connectivity index (χ1) is 15.1. The van der Waals surface area contributed by atoms with E-state index in [1.807, 2.05) is 0 Å². The van der Waals surface area contributed by atoms with Gasteiger partial charge in [0.1, 0.15) is 5.75 Å². The maximum atomic E-state index is 12.8. The van der Waals surface area contributed by atoms with E-state index in [0.717, 1.165) is 5.41 Å². The van der Waals surface area contributed by atoms with Crippen LogP contribution in [0.5, 0.6) is 5.75 Å². The van der Waals surface area contributed by atoms with Gasteiger partial charge >= 0.3 is 0 Å². The molecule has 10 heteroatoms. The molecule has 32 heavy (non-hydrogen) atoms. The highest BCUT2D eigenvalue weighted by molar-refractivity contribution is 7.95. The van der Waals surface area contributed by atoms with Gasteiger partial charge in [-0.25, -0.2) is 16.8 Å². The molecule has 0 spiro atoms. The predicted molar refractivity (Wildman–Crippen MR) is 128 cm³/mol. The molecule has 0 aliphatic heterocycles. The van der Waals surface area contributed by atoms with Gasteiger partial charge in [0.2, 0.25) is 0 Å². The Balaban J connectivity index is 1.81. The fourth-order valence-electron chi connectivity index (χ4n) is 2.68. The number of nitrogens with one attached hydrogen (secondary N) is 2. The molecule has 0 atom stereocenters. The topological polar surface area (TPSA) is 102 Å². The van der Waals surface area contributed by atoms with Crippen molar-refractivity contribution in [3.05, 3.63) is 88.3 Å². The highest BCUT2D eigenvalue weighted by atomic mass is 35.5. The van der Waals surface area contributed by atoms with Gasteiger partial charge in [0, 0.05) is 10.7 Å². The molecule has 3 rings (SSSR count). The minimum absolute atomic E-state index is 0.0849. The molecule has 0 radical (unpaired) electrons. The molecule has 0 fully saturated rings. The van der Waals surface area contributed by atoms with Crippen molar-refractivity contribution in [3.8, 4) is 5.75 Å². The average Bonchev–Trinajstić information content (AvgIpc) is 2.75. The molecule has 0 amide bonds. The van der Waals surface area contributed by atoms with Gasteiger partial charge in [0.25, 0.3) is 20.0 Å². The molecule has 7 nitrogen and oxygen atoms in total. The molecular formula is C22H21ClN2O5S2. The summed E-state index contributed by atoms with van der Waals surface area (Å²) >= 11 is 5.83. The number of hydrogen-bond acceptors (Lipinski definition) is 5. The Kier molecular flexibility index (Phi) is 7.12. The van der Waals surface area contributed by atoms with Gasteiger partial charge < -0.3 is 4.74 Å². The Morgan fingerprint density at radius 3 is 2.16 bits per heavy atom. The Hall–Kier alpha value is -3.01. The molecule has 0 saturated carbocycles. The zero-order valence-electron chi connectivity index (χ0n) is 17.2. The summed E-state index contributed by atoms with van der Waals surface area (Å²) in [5, 5.41) is 1.55. The summed E-state index contributed by atoms with van der Waals surface area (Å²) in [5.74, 6) is 0.589. The molecule has 0 heterocycles. The largest absolute Gasteiger partial charge is 0.497 e. The van der Waals surface area contributed by atoms with E-state index in [1.54, 1.807) is 55.5 Å². The lowest BCUT2D eigenvalue weighted by Crippen LogP contribution is -2.15. The van der Waals surface area contributed by atoms with Crippen LogP contribution in [0.25, 0.3) is 6.08 Å². The van der Waals surface area contributed by atoms with Crippen LogP contribution >= 0.6 is 11.6 Å². The Morgan fingerprint density at radius 1 is 0.875 bits per heavy atom. The second-order valence-corrected chi connectivity index (χ2v) is 10.5. The lowest BCUT2D eigenvalue weighted by atomic mass is 10.2. The fourth-order valence-corrected chi connectivity index (χ4v) is 4.82. The standard InChI is InChI=1S/C22H21ClN2O5S2/c1-16-3-12-21(32(28,29)24-19-8-10-20(30-2)11-9-19)15-22(16)25-31(26,27)14-13-17-4-6-18(23)7-5-17/h3-15,24-25H,1-2H3/b14-13+. The van der Waals surface area contributed by atoms with Crippen molar-refractivity contribution >= 4 is 49.1 Å². The van der Waals surface area contributed by atoms with Gasteiger partial charge in [0.05, 0.1) is 23.1 Å². The number of ether oxygens (including phenoxy) is 1. The summed E-state index contributed by atoms with van der Waals surface area (Å²) in [4.78, 5) is -0.0849. The number of methoxy groups -OCH3 is 1. The van der Waals surface area contributed by atoms with Crippen molar-refractivity contribution in [2.24, 2.45) is 0 Å². The van der Waals surface area contributed by atoms with Crippen molar-refractivity contribution in [1.82, 2.24) is 0 Å². The van der Waals surface area contributed by atoms with Gasteiger partial charge in [-0.1, -0.05) is 29.8 Å². The van der Waals surface area contributed by atoms with Crippen molar-refractivity contribution < 1.29 is 21.6 Å². The fraction of sp³-hybridized carbons (Fsp3) is 0.0909. The van der Waals surface area contributed by atoms with E-state index in [1.165, 1.54) is 31.4 Å². The van der Waals surface area contributed by atoms with Crippen LogP contribution in [0.4, 0.5) is 11.4 Å². The molecule has 0 aliphatic carbocycles. The summed E-state index contributed by atoms with van der Waals surface area (Å²) in [7, 11) is -6.32. The first-order valence-corrected chi connectivity index (χ1v) is 12.7. The number of sulfonamides is 2. The number of benzene rings is 3. The first kappa shape index (κ1) is 23.6. The molecule has 0 bridgehead atoms. The Morgan fingerprint density at radius 2 is 1.53 bits per heavy atom. The van der Waals surface area contributed by atoms with Crippen LogP contribution in [-0.4, -0.2) is 23.9 Å². The molecule has 0 aromatic heterocycles. The van der Waals surface area contributed by atoms with E-state index in [-0.39, 0.29) is 10.6 Å². The molecule has 0 unspecified atom stereocenters. The van der Waals surface area contributed by atoms with Gasteiger partial charge in [-0.2, -0.15) is 0 Å². The van der Waals surface area contributed by atoms with Crippen LogP contribution < -0.4 is 14.2 Å². The van der Waals surface area contributed by atoms with E-state index >= 15 is 0 Å². The van der Waals surface area contributed by atoms with E-state index in [9.17, 15) is 16.8 Å². The van der Waals surface area contributed by atoms with Crippen molar-refractivity contribution in [3.63, 3.8) is 0 Å². The third-order valence-corrected chi connectivity index (χ3v) is 7.05. The van der Waals surface area contributed by atoms with Crippen LogP contribution in [-0.2, 0) is 20.0 Å². The highest BCUT2D eigenvalue weighted by Gasteiger charge is 2.17. The number of hydrogen-bond donors (Lipinski definition) is 2. The maximum absolute atomic E-state index is 12.8. The van der Waals surface area contributed by atoms with Gasteiger partial charge in [0.15, 0.2) is 0 Å². The normalized spacial score (nSPS) is 12.0. The Labute approximate surface area is 192 Å². The first-order valence-electron chi connectivity index (χ1n) is 9.32. The summed E-state index contributed by atoms with van der Waals surface area (Å²) in [6.07, 6.45) is 1.42. The monoisotopic (exact) mass is 492 g/mol. The average molecular weight is 493 g/mol. The molecular weight excluding hydrogens is 472 g/mol. The minimum Gasteiger partial charge on any atom is -0.497 e. The van der Waals surface area contributed by atoms with Crippen LogP contribution in [0.3, 0.4) is 0 Å². The maximum Gasteiger partial charge on any atom is 0.261 e. The van der Waals surface area contributed by atoms with E-state index in [0.29, 0.717) is 27.6 Å². The van der Waals surface area contributed by atoms with Crippen LogP contribution in [0, 0.1) is 6.92 Å². The summed E-state index contributed by atoms with van der Waals surface area (Å²) < 4.78 is 60.5. The number of rotatable bonds is 8. The highest BCUT2D eigenvalue weighted by Crippen LogP contribution is 2.24. The second kappa shape index (κ2) is 9.64. The van der Waals surface area contributed by atoms with Gasteiger partial charge in [-0.3, -0.25) is 9.44 Å². The summed E-state index contributed by atoms with van der Waals surface area (Å²) in [5.41, 5.74) is 1.72. The smallest absolute Gasteiger partial charge is 0.261 e. The summed E-state index contributed by atoms with van der Waals surface area (Å²) in [6, 6.07) is 17.2. The van der Waals surface area contributed by atoms with E-state index in [2.05, 4.69) is 9.44 Å². The third-order valence-electron chi connectivity index (χ3n) is 4.42. The van der Waals surface area contributed by atoms with E-state index < -0.39 is 20.0 Å². The minimum atomic E-state index is -3.94. The quantitative estimate of drug-likeness (QED) is 0.467. The van der Waals surface area contributed by atoms with Crippen LogP contribution in [0.1, 0.15) is 11.1 Å². The second-order valence-electron chi connectivity index (χ2n) is 6.81. The van der Waals surface area contributed by atoms with E-state index in [4.69, 9.17) is 16.3 Å². The third kappa shape index (κ3) is 6.25. The van der Waals surface area contributed by atoms with Gasteiger partial charge in [-0.15, -0.1) is 0 Å². The lowest BCUT2D eigenvalue weighted by Gasteiger charge is -2.12. The number of anilines is 2. The zero-order chi connectivity index (χ0) is 23.4. The molecule has 3 aromatic carbocycles. The van der Waals surface area contributed by atoms with Crippen molar-refractivity contribution in [1.29, 1.82) is 0 Å². The van der Waals surface area contributed by atoms with Gasteiger partial charge in [-0.05, 0) is 72.7 Å². The molecule has 2 N–H and O–H groups in total. The zero-order valence-corrected chi connectivity index (χ0v) is 19.6. The molecule has 168 valence electrons. The lowest BCUT2D eigenvalue weighted by molar-refractivity contribution is 0.415. The van der Waals surface area contributed by atoms with Crippen molar-refractivity contribution in [2.75, 3.05) is 16.6 Å². The van der Waals surface area contributed by atoms with Crippen LogP contribution in [0.15, 0.2) is 77.0 Å². The SMILES string of the molecule is COc1ccc(NS(=O)(=O)c2ccc(C)c(NS(=O)(=O)/C=C/c3ccc(Cl)cc3)c2)cc1. The molecule has 0 saturated heterocycles.